The number of nitrogens with zero attached hydrogens (tertiary/aromatic N) is 3. The van der Waals surface area contributed by atoms with Crippen molar-refractivity contribution in [3.05, 3.63) is 46.2 Å². The summed E-state index contributed by atoms with van der Waals surface area (Å²) in [5.41, 5.74) is 2.51. The predicted octanol–water partition coefficient (Wildman–Crippen LogP) is 3.41. The lowest BCUT2D eigenvalue weighted by molar-refractivity contribution is -0.135. The summed E-state index contributed by atoms with van der Waals surface area (Å²) in [4.78, 5) is 21.3. The van der Waals surface area contributed by atoms with Crippen molar-refractivity contribution in [2.75, 3.05) is 51.3 Å². The number of methoxy groups -OCH3 is 1. The smallest absolute Gasteiger partial charge is 0.237 e. The van der Waals surface area contributed by atoms with Gasteiger partial charge in [0.05, 0.1) is 25.4 Å². The molecule has 150 valence electrons. The minimum Gasteiger partial charge on any atom is -0.495 e. The molecule has 0 spiro atoms. The summed E-state index contributed by atoms with van der Waals surface area (Å²) in [5.74, 6) is 1.19. The van der Waals surface area contributed by atoms with Gasteiger partial charge in [0.1, 0.15) is 5.75 Å². The van der Waals surface area contributed by atoms with E-state index >= 15 is 0 Å². The summed E-state index contributed by atoms with van der Waals surface area (Å²) >= 11 is 1.83. The third kappa shape index (κ3) is 3.76. The molecule has 2 aromatic rings. The average Bonchev–Trinajstić information content (AvgIpc) is 3.22. The van der Waals surface area contributed by atoms with Gasteiger partial charge in [0.2, 0.25) is 5.91 Å². The van der Waals surface area contributed by atoms with Crippen LogP contribution < -0.4 is 9.64 Å². The highest BCUT2D eigenvalue weighted by molar-refractivity contribution is 7.10. The molecule has 1 saturated heterocycles. The molecule has 1 unspecified atom stereocenters. The van der Waals surface area contributed by atoms with Crippen molar-refractivity contribution < 1.29 is 9.53 Å². The molecule has 1 fully saturated rings. The third-order valence-electron chi connectivity index (χ3n) is 5.96. The van der Waals surface area contributed by atoms with Crippen LogP contribution in [0.2, 0.25) is 0 Å². The Labute approximate surface area is 171 Å². The van der Waals surface area contributed by atoms with Crippen LogP contribution in [0.1, 0.15) is 29.8 Å². The van der Waals surface area contributed by atoms with Gasteiger partial charge in [-0.2, -0.15) is 0 Å². The van der Waals surface area contributed by atoms with E-state index in [9.17, 15) is 4.79 Å². The zero-order valence-electron chi connectivity index (χ0n) is 16.8. The molecule has 0 saturated carbocycles. The first-order valence-electron chi connectivity index (χ1n) is 10.2. The van der Waals surface area contributed by atoms with Crippen LogP contribution in [0, 0.1) is 0 Å². The second-order valence-corrected chi connectivity index (χ2v) is 8.50. The average molecular weight is 400 g/mol. The van der Waals surface area contributed by atoms with Crippen molar-refractivity contribution in [2.45, 2.75) is 25.8 Å². The van der Waals surface area contributed by atoms with E-state index in [1.165, 1.54) is 10.4 Å². The van der Waals surface area contributed by atoms with Gasteiger partial charge in [-0.1, -0.05) is 19.1 Å². The van der Waals surface area contributed by atoms with Crippen molar-refractivity contribution in [3.8, 4) is 5.75 Å². The molecule has 0 bridgehead atoms. The van der Waals surface area contributed by atoms with Crippen LogP contribution in [-0.4, -0.2) is 62.1 Å². The van der Waals surface area contributed by atoms with Gasteiger partial charge in [-0.15, -0.1) is 11.3 Å². The highest BCUT2D eigenvalue weighted by Crippen LogP contribution is 2.35. The normalized spacial score (nSPS) is 20.1. The summed E-state index contributed by atoms with van der Waals surface area (Å²) in [5, 5.41) is 2.17. The number of thiophene rings is 1. The Morgan fingerprint density at radius 1 is 1.14 bits per heavy atom. The summed E-state index contributed by atoms with van der Waals surface area (Å²) in [6.45, 7) is 7.20. The molecule has 1 amide bonds. The molecule has 3 heterocycles. The van der Waals surface area contributed by atoms with Crippen molar-refractivity contribution >= 4 is 22.9 Å². The van der Waals surface area contributed by atoms with Crippen LogP contribution in [0.4, 0.5) is 5.69 Å². The fourth-order valence-electron chi connectivity index (χ4n) is 4.46. The number of benzene rings is 1. The van der Waals surface area contributed by atoms with Crippen LogP contribution in [-0.2, 0) is 11.2 Å². The summed E-state index contributed by atoms with van der Waals surface area (Å²) < 4.78 is 5.50. The van der Waals surface area contributed by atoms with E-state index in [4.69, 9.17) is 4.74 Å². The van der Waals surface area contributed by atoms with Gasteiger partial charge >= 0.3 is 0 Å². The van der Waals surface area contributed by atoms with Crippen molar-refractivity contribution in [2.24, 2.45) is 0 Å². The zero-order valence-corrected chi connectivity index (χ0v) is 17.6. The Balaban J connectivity index is 1.35. The summed E-state index contributed by atoms with van der Waals surface area (Å²) in [7, 11) is 1.72. The molecular formula is C22H29N3O2S. The molecule has 2 aliphatic heterocycles. The van der Waals surface area contributed by atoms with Gasteiger partial charge in [-0.3, -0.25) is 9.69 Å². The Hall–Kier alpha value is -2.05. The molecule has 0 radical (unpaired) electrons. The first-order chi connectivity index (χ1) is 13.7. The molecular weight excluding hydrogens is 370 g/mol. The molecule has 1 aromatic heterocycles. The SMILES string of the molecule is CCC1c2ccsc2CCN1C(=O)CN1CCN(c2ccccc2OC)CC1. The van der Waals surface area contributed by atoms with Gasteiger partial charge in [0.15, 0.2) is 0 Å². The number of hydrogen-bond acceptors (Lipinski definition) is 5. The van der Waals surface area contributed by atoms with Crippen molar-refractivity contribution in [3.63, 3.8) is 0 Å². The largest absolute Gasteiger partial charge is 0.495 e. The zero-order chi connectivity index (χ0) is 19.5. The number of piperazine rings is 1. The van der Waals surface area contributed by atoms with Crippen LogP contribution >= 0.6 is 11.3 Å². The molecule has 0 N–H and O–H groups in total. The minimum absolute atomic E-state index is 0.248. The summed E-state index contributed by atoms with van der Waals surface area (Å²) in [6, 6.07) is 10.6. The van der Waals surface area contributed by atoms with Crippen LogP contribution in [0.25, 0.3) is 0 Å². The number of ether oxygens (including phenoxy) is 1. The topological polar surface area (TPSA) is 36.0 Å². The molecule has 6 heteroatoms. The Morgan fingerprint density at radius 2 is 1.93 bits per heavy atom. The van der Waals surface area contributed by atoms with Crippen molar-refractivity contribution in [1.29, 1.82) is 0 Å². The maximum atomic E-state index is 13.1. The fourth-order valence-corrected chi connectivity index (χ4v) is 5.38. The van der Waals surface area contributed by atoms with Crippen LogP contribution in [0.3, 0.4) is 0 Å². The molecule has 5 nitrogen and oxygen atoms in total. The second kappa shape index (κ2) is 8.53. The minimum atomic E-state index is 0.248. The van der Waals surface area contributed by atoms with Crippen LogP contribution in [0.5, 0.6) is 5.75 Å². The van der Waals surface area contributed by atoms with Gasteiger partial charge in [0.25, 0.3) is 0 Å². The van der Waals surface area contributed by atoms with E-state index in [0.29, 0.717) is 6.54 Å². The van der Waals surface area contributed by atoms with E-state index in [1.807, 2.05) is 29.5 Å². The number of carbonyl (C=O) groups is 1. The highest BCUT2D eigenvalue weighted by Gasteiger charge is 2.31. The third-order valence-corrected chi connectivity index (χ3v) is 6.96. The van der Waals surface area contributed by atoms with Gasteiger partial charge in [0, 0.05) is 37.6 Å². The number of amides is 1. The number of fused-ring (bicyclic) bond motifs is 1. The molecule has 2 aliphatic rings. The van der Waals surface area contributed by atoms with E-state index in [0.717, 1.165) is 57.0 Å². The lowest BCUT2D eigenvalue weighted by Crippen LogP contribution is -2.51. The number of para-hydroxylation sites is 2. The number of rotatable bonds is 5. The lowest BCUT2D eigenvalue weighted by atomic mass is 9.97. The molecule has 4 rings (SSSR count). The first kappa shape index (κ1) is 19.3. The molecule has 1 atom stereocenters. The maximum absolute atomic E-state index is 13.1. The van der Waals surface area contributed by atoms with E-state index < -0.39 is 0 Å². The molecule has 28 heavy (non-hydrogen) atoms. The monoisotopic (exact) mass is 399 g/mol. The Kier molecular flexibility index (Phi) is 5.87. The van der Waals surface area contributed by atoms with E-state index in [1.54, 1.807) is 7.11 Å². The Bertz CT molecular complexity index is 814. The van der Waals surface area contributed by atoms with Gasteiger partial charge in [-0.25, -0.2) is 0 Å². The number of hydrogen-bond donors (Lipinski definition) is 0. The maximum Gasteiger partial charge on any atom is 0.237 e. The van der Waals surface area contributed by atoms with Gasteiger partial charge < -0.3 is 14.5 Å². The number of anilines is 1. The molecule has 0 aliphatic carbocycles. The van der Waals surface area contributed by atoms with Gasteiger partial charge in [-0.05, 0) is 42.0 Å². The number of carbonyl (C=O) groups excluding carboxylic acids is 1. The highest BCUT2D eigenvalue weighted by atomic mass is 32.1. The van der Waals surface area contributed by atoms with Crippen molar-refractivity contribution in [1.82, 2.24) is 9.80 Å². The first-order valence-corrected chi connectivity index (χ1v) is 11.0. The molecule has 1 aromatic carbocycles. The standard InChI is InChI=1S/C22H29N3O2S/c1-3-18-17-9-15-28-21(17)8-10-25(18)22(26)16-23-11-13-24(14-12-23)19-6-4-5-7-20(19)27-2/h4-7,9,15,18H,3,8,10-14,16H2,1-2H3. The lowest BCUT2D eigenvalue weighted by Gasteiger charge is -2.39. The van der Waals surface area contributed by atoms with E-state index in [-0.39, 0.29) is 11.9 Å². The van der Waals surface area contributed by atoms with E-state index in [2.05, 4.69) is 39.1 Å². The van der Waals surface area contributed by atoms with Crippen LogP contribution in [0.15, 0.2) is 35.7 Å². The summed E-state index contributed by atoms with van der Waals surface area (Å²) in [6.07, 6.45) is 1.98. The fraction of sp³-hybridized carbons (Fsp3) is 0.500. The quantitative estimate of drug-likeness (QED) is 0.772. The predicted molar refractivity (Wildman–Crippen MR) is 114 cm³/mol. The second-order valence-electron chi connectivity index (χ2n) is 7.50. The Morgan fingerprint density at radius 3 is 2.68 bits per heavy atom.